The van der Waals surface area contributed by atoms with Crippen molar-refractivity contribution in [2.24, 2.45) is 5.73 Å². The van der Waals surface area contributed by atoms with E-state index in [4.69, 9.17) is 15.7 Å². The average molecular weight is 200 g/mol. The number of nitrogens with zero attached hydrogens (tertiary/aromatic N) is 1. The molecule has 0 saturated carbocycles. The van der Waals surface area contributed by atoms with Gasteiger partial charge in [-0.1, -0.05) is 6.92 Å². The first kappa shape index (κ1) is 11.8. The molecule has 0 atom stereocenters. The minimum absolute atomic E-state index is 0.201. The van der Waals surface area contributed by atoms with Gasteiger partial charge in [-0.2, -0.15) is 5.26 Å². The van der Waals surface area contributed by atoms with Gasteiger partial charge in [0.2, 0.25) is 0 Å². The molecule has 0 aromatic rings. The molecule has 13 heavy (non-hydrogen) atoms. The van der Waals surface area contributed by atoms with Crippen molar-refractivity contribution >= 4 is 17.7 Å². The SMILES string of the molecule is CCOC(=O)C(SC#N)=C(N)CC. The first-order valence-corrected chi connectivity index (χ1v) is 4.70. The third-order valence-corrected chi connectivity index (χ3v) is 2.01. The van der Waals surface area contributed by atoms with Crippen LogP contribution in [0.1, 0.15) is 20.3 Å². The first-order valence-electron chi connectivity index (χ1n) is 3.89. The van der Waals surface area contributed by atoms with Crippen molar-refractivity contribution in [3.05, 3.63) is 10.6 Å². The third kappa shape index (κ3) is 3.85. The molecular weight excluding hydrogens is 188 g/mol. The van der Waals surface area contributed by atoms with Crippen molar-refractivity contribution in [3.63, 3.8) is 0 Å². The van der Waals surface area contributed by atoms with Crippen molar-refractivity contribution in [3.8, 4) is 5.40 Å². The van der Waals surface area contributed by atoms with E-state index in [1.807, 2.05) is 6.92 Å². The number of nitriles is 1. The molecule has 2 N–H and O–H groups in total. The Kier molecular flexibility index (Phi) is 5.81. The van der Waals surface area contributed by atoms with Gasteiger partial charge in [-0.3, -0.25) is 0 Å². The van der Waals surface area contributed by atoms with Gasteiger partial charge in [-0.25, -0.2) is 4.79 Å². The number of carbonyl (C=O) groups is 1. The number of hydrogen-bond acceptors (Lipinski definition) is 5. The largest absolute Gasteiger partial charge is 0.462 e. The van der Waals surface area contributed by atoms with Gasteiger partial charge in [0.15, 0.2) is 0 Å². The summed E-state index contributed by atoms with van der Waals surface area (Å²) in [6.07, 6.45) is 0.531. The molecular formula is C8H12N2O2S. The van der Waals surface area contributed by atoms with Gasteiger partial charge < -0.3 is 10.5 Å². The number of ether oxygens (including phenoxy) is 1. The monoisotopic (exact) mass is 200 g/mol. The van der Waals surface area contributed by atoms with Gasteiger partial charge in [0.25, 0.3) is 0 Å². The molecule has 0 bridgehead atoms. The Morgan fingerprint density at radius 2 is 2.23 bits per heavy atom. The minimum atomic E-state index is -0.520. The predicted molar refractivity (Wildman–Crippen MR) is 51.3 cm³/mol. The number of esters is 1. The highest BCUT2D eigenvalue weighted by Crippen LogP contribution is 2.19. The van der Waals surface area contributed by atoms with E-state index in [-0.39, 0.29) is 11.5 Å². The summed E-state index contributed by atoms with van der Waals surface area (Å²) in [7, 11) is 0. The number of nitrogens with two attached hydrogens (primary N) is 1. The number of thiocyanates is 1. The van der Waals surface area contributed by atoms with E-state index in [1.165, 1.54) is 0 Å². The molecule has 0 aliphatic rings. The fourth-order valence-electron chi connectivity index (χ4n) is 0.641. The van der Waals surface area contributed by atoms with Crippen LogP contribution in [0.5, 0.6) is 0 Å². The van der Waals surface area contributed by atoms with E-state index >= 15 is 0 Å². The fraction of sp³-hybridized carbons (Fsp3) is 0.500. The summed E-state index contributed by atoms with van der Waals surface area (Å²) in [6, 6.07) is 0. The summed E-state index contributed by atoms with van der Waals surface area (Å²) >= 11 is 0.743. The number of carbonyl (C=O) groups excluding carboxylic acids is 1. The Balaban J connectivity index is 4.62. The Bertz CT molecular complexity index is 255. The second-order valence-corrected chi connectivity index (χ2v) is 2.92. The third-order valence-electron chi connectivity index (χ3n) is 1.28. The highest BCUT2D eigenvalue weighted by Gasteiger charge is 2.14. The molecule has 5 heteroatoms. The van der Waals surface area contributed by atoms with E-state index in [0.29, 0.717) is 12.1 Å². The van der Waals surface area contributed by atoms with Gasteiger partial charge in [0, 0.05) is 5.70 Å². The first-order chi connectivity index (χ1) is 6.17. The van der Waals surface area contributed by atoms with Crippen molar-refractivity contribution < 1.29 is 9.53 Å². The smallest absolute Gasteiger partial charge is 0.347 e. The maximum absolute atomic E-state index is 11.2. The lowest BCUT2D eigenvalue weighted by molar-refractivity contribution is -0.137. The Morgan fingerprint density at radius 3 is 2.62 bits per heavy atom. The Labute approximate surface area is 81.7 Å². The van der Waals surface area contributed by atoms with E-state index in [9.17, 15) is 4.79 Å². The van der Waals surface area contributed by atoms with Crippen LogP contribution in [0.25, 0.3) is 0 Å². The number of thioether (sulfide) groups is 1. The van der Waals surface area contributed by atoms with Crippen molar-refractivity contribution in [2.45, 2.75) is 20.3 Å². The quantitative estimate of drug-likeness (QED) is 0.421. The molecule has 0 aliphatic carbocycles. The van der Waals surface area contributed by atoms with Crippen LogP contribution in [0.2, 0.25) is 0 Å². The van der Waals surface area contributed by atoms with Crippen LogP contribution in [0, 0.1) is 10.7 Å². The molecule has 0 fully saturated rings. The van der Waals surface area contributed by atoms with Crippen LogP contribution >= 0.6 is 11.8 Å². The molecule has 0 aromatic heterocycles. The fourth-order valence-corrected chi connectivity index (χ4v) is 1.15. The van der Waals surface area contributed by atoms with E-state index in [0.717, 1.165) is 11.8 Å². The number of rotatable bonds is 4. The Hall–Kier alpha value is -1.15. The van der Waals surface area contributed by atoms with Gasteiger partial charge in [0.1, 0.15) is 10.3 Å². The molecule has 0 rings (SSSR count). The molecule has 72 valence electrons. The lowest BCUT2D eigenvalue weighted by Crippen LogP contribution is -2.11. The molecule has 0 unspecified atom stereocenters. The highest BCUT2D eigenvalue weighted by atomic mass is 32.2. The lowest BCUT2D eigenvalue weighted by Gasteiger charge is -2.05. The van der Waals surface area contributed by atoms with Crippen molar-refractivity contribution in [1.29, 1.82) is 5.26 Å². The number of hydrogen-bond donors (Lipinski definition) is 1. The maximum atomic E-state index is 11.2. The second-order valence-electron chi connectivity index (χ2n) is 2.12. The summed E-state index contributed by atoms with van der Waals surface area (Å²) in [5.74, 6) is -0.520. The number of allylic oxidation sites excluding steroid dienone is 1. The van der Waals surface area contributed by atoms with Crippen LogP contribution < -0.4 is 5.73 Å². The van der Waals surface area contributed by atoms with Gasteiger partial charge in [-0.05, 0) is 25.1 Å². The molecule has 0 amide bonds. The predicted octanol–water partition coefficient (Wildman–Crippen LogP) is 1.34. The van der Waals surface area contributed by atoms with Crippen molar-refractivity contribution in [2.75, 3.05) is 6.61 Å². The van der Waals surface area contributed by atoms with Gasteiger partial charge >= 0.3 is 5.97 Å². The zero-order chi connectivity index (χ0) is 10.3. The van der Waals surface area contributed by atoms with E-state index in [1.54, 1.807) is 12.3 Å². The van der Waals surface area contributed by atoms with Crippen LogP contribution in [0.3, 0.4) is 0 Å². The van der Waals surface area contributed by atoms with Crippen LogP contribution in [-0.4, -0.2) is 12.6 Å². The zero-order valence-corrected chi connectivity index (χ0v) is 8.48. The van der Waals surface area contributed by atoms with Gasteiger partial charge in [-0.15, -0.1) is 0 Å². The van der Waals surface area contributed by atoms with Gasteiger partial charge in [0.05, 0.1) is 6.61 Å². The van der Waals surface area contributed by atoms with Crippen molar-refractivity contribution in [1.82, 2.24) is 0 Å². The van der Waals surface area contributed by atoms with Crippen LogP contribution in [0.4, 0.5) is 0 Å². The van der Waals surface area contributed by atoms with E-state index < -0.39 is 5.97 Å². The average Bonchev–Trinajstić information content (AvgIpc) is 2.13. The molecule has 4 nitrogen and oxygen atoms in total. The zero-order valence-electron chi connectivity index (χ0n) is 7.66. The molecule has 0 aromatic carbocycles. The normalized spacial score (nSPS) is 11.5. The van der Waals surface area contributed by atoms with Crippen LogP contribution in [0.15, 0.2) is 10.6 Å². The molecule has 0 radical (unpaired) electrons. The van der Waals surface area contributed by atoms with E-state index in [2.05, 4.69) is 0 Å². The highest BCUT2D eigenvalue weighted by molar-refractivity contribution is 8.08. The second kappa shape index (κ2) is 6.38. The summed E-state index contributed by atoms with van der Waals surface area (Å²) in [4.78, 5) is 11.4. The summed E-state index contributed by atoms with van der Waals surface area (Å²) in [5, 5.41) is 10.2. The Morgan fingerprint density at radius 1 is 1.62 bits per heavy atom. The van der Waals surface area contributed by atoms with Crippen LogP contribution in [-0.2, 0) is 9.53 Å². The maximum Gasteiger partial charge on any atom is 0.347 e. The summed E-state index contributed by atoms with van der Waals surface area (Å²) in [5.41, 5.74) is 5.93. The topological polar surface area (TPSA) is 76.1 Å². The lowest BCUT2D eigenvalue weighted by atomic mass is 10.3. The molecule has 0 heterocycles. The summed E-state index contributed by atoms with van der Waals surface area (Å²) in [6.45, 7) is 3.80. The molecule has 0 aliphatic heterocycles. The minimum Gasteiger partial charge on any atom is -0.462 e. The molecule has 0 spiro atoms. The molecule has 0 saturated heterocycles. The standard InChI is InChI=1S/C8H12N2O2S/c1-3-6(10)7(13-5-9)8(11)12-4-2/h3-4,10H2,1-2H3. The summed E-state index contributed by atoms with van der Waals surface area (Å²) < 4.78 is 4.73.